The normalized spacial score (nSPS) is 20.8. The zero-order valence-electron chi connectivity index (χ0n) is 13.5. The Labute approximate surface area is 152 Å². The molecule has 3 rings (SSSR count). The molecule has 1 aliphatic carbocycles. The SMILES string of the molecule is Cc1ccc(/C=C2/CCC[C@H]2C[C@H](O)c2ccccc2I)cc1. The molecular weight excluding hydrogens is 395 g/mol. The van der Waals surface area contributed by atoms with E-state index in [-0.39, 0.29) is 6.10 Å². The van der Waals surface area contributed by atoms with Gasteiger partial charge in [0.1, 0.15) is 0 Å². The number of benzene rings is 2. The lowest BCUT2D eigenvalue weighted by atomic mass is 9.91. The second-order valence-corrected chi connectivity index (χ2v) is 7.65. The van der Waals surface area contributed by atoms with Crippen molar-refractivity contribution in [2.75, 3.05) is 0 Å². The van der Waals surface area contributed by atoms with Crippen molar-refractivity contribution >= 4 is 28.7 Å². The maximum atomic E-state index is 10.6. The second kappa shape index (κ2) is 7.63. The molecule has 0 radical (unpaired) electrons. The molecule has 0 spiro atoms. The van der Waals surface area contributed by atoms with Crippen LogP contribution in [0.15, 0.2) is 54.1 Å². The molecule has 0 saturated heterocycles. The minimum absolute atomic E-state index is 0.368. The summed E-state index contributed by atoms with van der Waals surface area (Å²) in [5.74, 6) is 0.502. The average molecular weight is 418 g/mol. The minimum Gasteiger partial charge on any atom is -0.388 e. The predicted octanol–water partition coefficient (Wildman–Crippen LogP) is 5.91. The molecule has 2 aromatic carbocycles. The molecular formula is C21H23IO. The van der Waals surface area contributed by atoms with Crippen molar-refractivity contribution in [3.8, 4) is 0 Å². The molecule has 1 aliphatic rings. The Morgan fingerprint density at radius 2 is 1.91 bits per heavy atom. The highest BCUT2D eigenvalue weighted by Gasteiger charge is 2.24. The van der Waals surface area contributed by atoms with Crippen LogP contribution in [-0.2, 0) is 0 Å². The van der Waals surface area contributed by atoms with E-state index >= 15 is 0 Å². The van der Waals surface area contributed by atoms with Gasteiger partial charge < -0.3 is 5.11 Å². The van der Waals surface area contributed by atoms with Crippen LogP contribution in [0.25, 0.3) is 6.08 Å². The Balaban J connectivity index is 1.74. The van der Waals surface area contributed by atoms with E-state index in [2.05, 4.69) is 65.9 Å². The van der Waals surface area contributed by atoms with Gasteiger partial charge in [0.25, 0.3) is 0 Å². The zero-order valence-corrected chi connectivity index (χ0v) is 15.7. The molecule has 120 valence electrons. The van der Waals surface area contributed by atoms with E-state index in [9.17, 15) is 5.11 Å². The summed E-state index contributed by atoms with van der Waals surface area (Å²) in [6.07, 6.45) is 6.39. The van der Waals surface area contributed by atoms with Crippen molar-refractivity contribution in [1.82, 2.24) is 0 Å². The van der Waals surface area contributed by atoms with Gasteiger partial charge in [-0.05, 0) is 78.3 Å². The summed E-state index contributed by atoms with van der Waals surface area (Å²) in [6, 6.07) is 16.9. The fourth-order valence-corrected chi connectivity index (χ4v) is 4.17. The quantitative estimate of drug-likeness (QED) is 0.613. The molecule has 1 N–H and O–H groups in total. The van der Waals surface area contributed by atoms with Crippen LogP contribution >= 0.6 is 22.6 Å². The molecule has 0 aromatic heterocycles. The Morgan fingerprint density at radius 3 is 2.65 bits per heavy atom. The number of hydrogen-bond acceptors (Lipinski definition) is 1. The molecule has 1 fully saturated rings. The Kier molecular flexibility index (Phi) is 5.54. The number of rotatable bonds is 4. The third-order valence-corrected chi connectivity index (χ3v) is 5.73. The van der Waals surface area contributed by atoms with Gasteiger partial charge in [-0.1, -0.05) is 59.7 Å². The fourth-order valence-electron chi connectivity index (χ4n) is 3.42. The Hall–Kier alpha value is -1.13. The van der Waals surface area contributed by atoms with E-state index in [1.54, 1.807) is 0 Å². The summed E-state index contributed by atoms with van der Waals surface area (Å²) in [5.41, 5.74) is 5.14. The highest BCUT2D eigenvalue weighted by Crippen LogP contribution is 2.39. The first-order valence-corrected chi connectivity index (χ1v) is 9.41. The van der Waals surface area contributed by atoms with Gasteiger partial charge in [-0.15, -0.1) is 0 Å². The van der Waals surface area contributed by atoms with Crippen LogP contribution in [0.2, 0.25) is 0 Å². The van der Waals surface area contributed by atoms with Crippen LogP contribution in [0.3, 0.4) is 0 Å². The van der Waals surface area contributed by atoms with Crippen molar-refractivity contribution in [2.45, 2.75) is 38.7 Å². The van der Waals surface area contributed by atoms with E-state index in [0.29, 0.717) is 5.92 Å². The molecule has 1 saturated carbocycles. The lowest BCUT2D eigenvalue weighted by molar-refractivity contribution is 0.151. The minimum atomic E-state index is -0.368. The van der Waals surface area contributed by atoms with Crippen LogP contribution in [0.5, 0.6) is 0 Å². The molecule has 0 aliphatic heterocycles. The third kappa shape index (κ3) is 4.24. The van der Waals surface area contributed by atoms with Gasteiger partial charge in [0.2, 0.25) is 0 Å². The van der Waals surface area contributed by atoms with Crippen molar-refractivity contribution in [3.63, 3.8) is 0 Å². The lowest BCUT2D eigenvalue weighted by Crippen LogP contribution is -2.07. The standard InChI is InChI=1S/C21H23IO/c1-15-9-11-16(12-10-15)13-17-5-4-6-18(17)14-21(23)19-7-2-3-8-20(19)22/h2-3,7-13,18,21,23H,4-6,14H2,1H3/b17-13-/t18-,21-/m0/s1. The number of aliphatic hydroxyl groups excluding tert-OH is 1. The molecule has 0 heterocycles. The van der Waals surface area contributed by atoms with E-state index < -0.39 is 0 Å². The maximum Gasteiger partial charge on any atom is 0.0806 e. The molecule has 2 heteroatoms. The predicted molar refractivity (Wildman–Crippen MR) is 105 cm³/mol. The lowest BCUT2D eigenvalue weighted by Gasteiger charge is -2.19. The first kappa shape index (κ1) is 16.7. The molecule has 0 unspecified atom stereocenters. The van der Waals surface area contributed by atoms with E-state index in [1.807, 2.05) is 18.2 Å². The summed E-state index contributed by atoms with van der Waals surface area (Å²) in [4.78, 5) is 0. The van der Waals surface area contributed by atoms with Gasteiger partial charge >= 0.3 is 0 Å². The summed E-state index contributed by atoms with van der Waals surface area (Å²) in [7, 11) is 0. The monoisotopic (exact) mass is 418 g/mol. The summed E-state index contributed by atoms with van der Waals surface area (Å²) in [6.45, 7) is 2.12. The van der Waals surface area contributed by atoms with Gasteiger partial charge in [-0.2, -0.15) is 0 Å². The average Bonchev–Trinajstić information content (AvgIpc) is 2.97. The van der Waals surface area contributed by atoms with Crippen LogP contribution in [0, 0.1) is 16.4 Å². The van der Waals surface area contributed by atoms with Crippen molar-refractivity contribution in [3.05, 3.63) is 74.4 Å². The zero-order chi connectivity index (χ0) is 16.2. The smallest absolute Gasteiger partial charge is 0.0806 e. The summed E-state index contributed by atoms with van der Waals surface area (Å²) >= 11 is 2.31. The van der Waals surface area contributed by atoms with Crippen LogP contribution < -0.4 is 0 Å². The number of halogens is 1. The number of hydrogen-bond donors (Lipinski definition) is 1. The van der Waals surface area contributed by atoms with Crippen LogP contribution in [0.4, 0.5) is 0 Å². The Morgan fingerprint density at radius 1 is 1.17 bits per heavy atom. The van der Waals surface area contributed by atoms with Crippen molar-refractivity contribution in [1.29, 1.82) is 0 Å². The highest BCUT2D eigenvalue weighted by atomic mass is 127. The summed E-state index contributed by atoms with van der Waals surface area (Å²) < 4.78 is 1.15. The molecule has 0 bridgehead atoms. The maximum absolute atomic E-state index is 10.6. The van der Waals surface area contributed by atoms with Gasteiger partial charge in [0.15, 0.2) is 0 Å². The first-order chi connectivity index (χ1) is 11.1. The van der Waals surface area contributed by atoms with Crippen molar-refractivity contribution < 1.29 is 5.11 Å². The highest BCUT2D eigenvalue weighted by molar-refractivity contribution is 14.1. The van der Waals surface area contributed by atoms with E-state index in [1.165, 1.54) is 29.5 Å². The van der Waals surface area contributed by atoms with Crippen molar-refractivity contribution in [2.24, 2.45) is 5.92 Å². The second-order valence-electron chi connectivity index (χ2n) is 6.49. The van der Waals surface area contributed by atoms with Crippen LogP contribution in [0.1, 0.15) is 48.5 Å². The van der Waals surface area contributed by atoms with Gasteiger partial charge in [0, 0.05) is 3.57 Å². The topological polar surface area (TPSA) is 20.2 Å². The van der Waals surface area contributed by atoms with E-state index in [4.69, 9.17) is 0 Å². The Bertz CT molecular complexity index is 687. The molecule has 2 aromatic rings. The van der Waals surface area contributed by atoms with Crippen LogP contribution in [-0.4, -0.2) is 5.11 Å². The largest absolute Gasteiger partial charge is 0.388 e. The molecule has 2 atom stereocenters. The van der Waals surface area contributed by atoms with Gasteiger partial charge in [-0.25, -0.2) is 0 Å². The first-order valence-electron chi connectivity index (χ1n) is 8.33. The van der Waals surface area contributed by atoms with Gasteiger partial charge in [-0.3, -0.25) is 0 Å². The van der Waals surface area contributed by atoms with Gasteiger partial charge in [0.05, 0.1) is 6.10 Å². The third-order valence-electron chi connectivity index (χ3n) is 4.74. The number of allylic oxidation sites excluding steroid dienone is 1. The number of aliphatic hydroxyl groups is 1. The molecule has 23 heavy (non-hydrogen) atoms. The molecule has 1 nitrogen and oxygen atoms in total. The summed E-state index contributed by atoms with van der Waals surface area (Å²) in [5, 5.41) is 10.6. The fraction of sp³-hybridized carbons (Fsp3) is 0.333. The molecule has 0 amide bonds. The number of aryl methyl sites for hydroxylation is 1. The van der Waals surface area contributed by atoms with E-state index in [0.717, 1.165) is 22.0 Å².